The lowest BCUT2D eigenvalue weighted by Crippen LogP contribution is -2.36. The minimum atomic E-state index is 0.452. The van der Waals surface area contributed by atoms with Crippen molar-refractivity contribution in [3.8, 4) is 5.13 Å². The van der Waals surface area contributed by atoms with Crippen LogP contribution in [0.5, 0.6) is 0 Å². The zero-order valence-electron chi connectivity index (χ0n) is 12.0. The molecule has 0 N–H and O–H groups in total. The maximum absolute atomic E-state index is 4.42. The van der Waals surface area contributed by atoms with Crippen molar-refractivity contribution in [2.45, 2.75) is 26.1 Å². The molecule has 21 heavy (non-hydrogen) atoms. The van der Waals surface area contributed by atoms with Gasteiger partial charge in [0.15, 0.2) is 5.13 Å². The molecule has 108 valence electrons. The quantitative estimate of drug-likeness (QED) is 0.741. The second kappa shape index (κ2) is 5.16. The summed E-state index contributed by atoms with van der Waals surface area (Å²) in [7, 11) is 0. The molecule has 0 saturated carbocycles. The molecule has 0 bridgehead atoms. The molecule has 4 rings (SSSR count). The average molecular weight is 298 g/mol. The van der Waals surface area contributed by atoms with E-state index in [0.29, 0.717) is 6.04 Å². The van der Waals surface area contributed by atoms with E-state index in [0.717, 1.165) is 24.8 Å². The Morgan fingerprint density at radius 2 is 2.14 bits per heavy atom. The Hall–Kier alpha value is -1.85. The van der Waals surface area contributed by atoms with Gasteiger partial charge in [-0.3, -0.25) is 9.47 Å². The fourth-order valence-corrected chi connectivity index (χ4v) is 3.77. The van der Waals surface area contributed by atoms with E-state index in [4.69, 9.17) is 0 Å². The smallest absolute Gasteiger partial charge is 0.193 e. The summed E-state index contributed by atoms with van der Waals surface area (Å²) in [5.41, 5.74) is 2.71. The molecule has 1 aliphatic rings. The Balaban J connectivity index is 1.59. The monoisotopic (exact) mass is 298 g/mol. The lowest BCUT2D eigenvalue weighted by atomic mass is 10.1. The lowest BCUT2D eigenvalue weighted by Gasteiger charge is -2.34. The van der Waals surface area contributed by atoms with Gasteiger partial charge in [-0.05, 0) is 31.2 Å². The van der Waals surface area contributed by atoms with E-state index < -0.39 is 0 Å². The Morgan fingerprint density at radius 3 is 3.00 bits per heavy atom. The molecule has 4 heterocycles. The van der Waals surface area contributed by atoms with E-state index in [2.05, 4.69) is 62.6 Å². The third kappa shape index (κ3) is 2.22. The fraction of sp³-hybridized carbons (Fsp3) is 0.312. The van der Waals surface area contributed by atoms with Crippen molar-refractivity contribution in [3.63, 3.8) is 0 Å². The van der Waals surface area contributed by atoms with Crippen molar-refractivity contribution in [1.29, 1.82) is 0 Å². The van der Waals surface area contributed by atoms with Crippen LogP contribution in [0, 0.1) is 0 Å². The van der Waals surface area contributed by atoms with Crippen LogP contribution in [0.1, 0.15) is 24.4 Å². The number of nitrogens with zero attached hydrogens (tertiary/aromatic N) is 4. The summed E-state index contributed by atoms with van der Waals surface area (Å²) in [5, 5.41) is 3.07. The van der Waals surface area contributed by atoms with E-state index in [1.165, 1.54) is 11.4 Å². The molecule has 3 aromatic rings. The first kappa shape index (κ1) is 12.9. The van der Waals surface area contributed by atoms with Crippen molar-refractivity contribution in [2.75, 3.05) is 6.54 Å². The number of fused-ring (bicyclic) bond motifs is 1. The summed E-state index contributed by atoms with van der Waals surface area (Å²) < 4.78 is 4.56. The molecule has 0 radical (unpaired) electrons. The van der Waals surface area contributed by atoms with Crippen molar-refractivity contribution in [1.82, 2.24) is 19.0 Å². The van der Waals surface area contributed by atoms with Crippen LogP contribution < -0.4 is 0 Å². The van der Waals surface area contributed by atoms with E-state index in [1.54, 1.807) is 11.3 Å². The largest absolute Gasteiger partial charge is 0.349 e. The van der Waals surface area contributed by atoms with Gasteiger partial charge in [0.2, 0.25) is 0 Å². The number of thiazole rings is 1. The zero-order valence-corrected chi connectivity index (χ0v) is 12.8. The second-order valence-electron chi connectivity index (χ2n) is 5.46. The topological polar surface area (TPSA) is 26.0 Å². The van der Waals surface area contributed by atoms with Gasteiger partial charge in [-0.25, -0.2) is 4.98 Å². The Kier molecular flexibility index (Phi) is 3.16. The van der Waals surface area contributed by atoms with Gasteiger partial charge in [-0.2, -0.15) is 0 Å². The van der Waals surface area contributed by atoms with Crippen molar-refractivity contribution >= 4 is 11.3 Å². The predicted molar refractivity (Wildman–Crippen MR) is 84.7 cm³/mol. The van der Waals surface area contributed by atoms with Gasteiger partial charge < -0.3 is 4.57 Å². The predicted octanol–water partition coefficient (Wildman–Crippen LogP) is 3.31. The Labute approximate surface area is 128 Å². The van der Waals surface area contributed by atoms with Crippen LogP contribution in [0.15, 0.2) is 48.2 Å². The van der Waals surface area contributed by atoms with E-state index in [9.17, 15) is 0 Å². The molecule has 0 saturated heterocycles. The minimum Gasteiger partial charge on any atom is -0.349 e. The second-order valence-corrected chi connectivity index (χ2v) is 6.33. The number of aromatic nitrogens is 3. The van der Waals surface area contributed by atoms with Crippen molar-refractivity contribution < 1.29 is 0 Å². The molecular formula is C16H18N4S. The minimum absolute atomic E-state index is 0.452. The first-order chi connectivity index (χ1) is 10.3. The van der Waals surface area contributed by atoms with E-state index in [-0.39, 0.29) is 0 Å². The first-order valence-corrected chi connectivity index (χ1v) is 8.16. The summed E-state index contributed by atoms with van der Waals surface area (Å²) in [5.74, 6) is 0. The van der Waals surface area contributed by atoms with Crippen molar-refractivity contribution in [3.05, 3.63) is 59.6 Å². The van der Waals surface area contributed by atoms with Gasteiger partial charge in [0.05, 0.1) is 0 Å². The molecule has 4 nitrogen and oxygen atoms in total. The molecular weight excluding hydrogens is 280 g/mol. The summed E-state index contributed by atoms with van der Waals surface area (Å²) in [4.78, 5) is 6.95. The van der Waals surface area contributed by atoms with Gasteiger partial charge >= 0.3 is 0 Å². The molecule has 1 atom stereocenters. The maximum atomic E-state index is 4.42. The van der Waals surface area contributed by atoms with Gasteiger partial charge in [0, 0.05) is 61.0 Å². The number of rotatable bonds is 3. The highest BCUT2D eigenvalue weighted by Gasteiger charge is 2.24. The molecule has 5 heteroatoms. The highest BCUT2D eigenvalue weighted by molar-refractivity contribution is 7.12. The van der Waals surface area contributed by atoms with Gasteiger partial charge in [-0.15, -0.1) is 11.3 Å². The SMILES string of the molecule is C[C@H]1c2cccn2CCN1Cc1cccn1-c1nccs1. The maximum Gasteiger partial charge on any atom is 0.193 e. The van der Waals surface area contributed by atoms with Crippen LogP contribution in [0.2, 0.25) is 0 Å². The average Bonchev–Trinajstić information content (AvgIpc) is 3.21. The standard InChI is InChI=1S/C16H18N4S/c1-13-15-5-3-7-18(15)9-10-19(13)12-14-4-2-8-20(14)16-17-6-11-21-16/h2-8,11,13H,9-10,12H2,1H3/t13-/m0/s1. The van der Waals surface area contributed by atoms with Crippen LogP contribution in [0.25, 0.3) is 5.13 Å². The van der Waals surface area contributed by atoms with Gasteiger partial charge in [-0.1, -0.05) is 0 Å². The highest BCUT2D eigenvalue weighted by atomic mass is 32.1. The van der Waals surface area contributed by atoms with E-state index in [1.807, 2.05) is 11.6 Å². The third-order valence-electron chi connectivity index (χ3n) is 4.29. The van der Waals surface area contributed by atoms with Gasteiger partial charge in [0.25, 0.3) is 0 Å². The zero-order chi connectivity index (χ0) is 14.2. The Morgan fingerprint density at radius 1 is 1.24 bits per heavy atom. The highest BCUT2D eigenvalue weighted by Crippen LogP contribution is 2.27. The van der Waals surface area contributed by atoms with Gasteiger partial charge in [0.1, 0.15) is 0 Å². The first-order valence-electron chi connectivity index (χ1n) is 7.28. The molecule has 1 aliphatic heterocycles. The Bertz CT molecular complexity index is 725. The lowest BCUT2D eigenvalue weighted by molar-refractivity contribution is 0.158. The summed E-state index contributed by atoms with van der Waals surface area (Å²) in [6.45, 7) is 5.41. The van der Waals surface area contributed by atoms with E-state index >= 15 is 0 Å². The molecule has 0 aliphatic carbocycles. The molecule has 0 unspecified atom stereocenters. The van der Waals surface area contributed by atoms with Crippen LogP contribution in [-0.4, -0.2) is 25.6 Å². The number of hydrogen-bond acceptors (Lipinski definition) is 3. The molecule has 3 aromatic heterocycles. The normalized spacial score (nSPS) is 18.8. The molecule has 0 amide bonds. The molecule has 0 aromatic carbocycles. The van der Waals surface area contributed by atoms with Crippen molar-refractivity contribution in [2.24, 2.45) is 0 Å². The summed E-state index contributed by atoms with van der Waals surface area (Å²) >= 11 is 1.68. The number of hydrogen-bond donors (Lipinski definition) is 0. The summed E-state index contributed by atoms with van der Waals surface area (Å²) in [6.07, 6.45) is 6.15. The van der Waals surface area contributed by atoms with Crippen LogP contribution in [0.4, 0.5) is 0 Å². The van der Waals surface area contributed by atoms with Crippen LogP contribution in [-0.2, 0) is 13.1 Å². The third-order valence-corrected chi connectivity index (χ3v) is 5.06. The van der Waals surface area contributed by atoms with Crippen LogP contribution in [0.3, 0.4) is 0 Å². The van der Waals surface area contributed by atoms with Crippen LogP contribution >= 0.6 is 11.3 Å². The molecule has 0 fully saturated rings. The fourth-order valence-electron chi connectivity index (χ4n) is 3.12. The molecule has 0 spiro atoms. The summed E-state index contributed by atoms with van der Waals surface area (Å²) in [6, 6.07) is 9.13.